The summed E-state index contributed by atoms with van der Waals surface area (Å²) >= 11 is 1.49. The molecule has 24 heavy (non-hydrogen) atoms. The zero-order chi connectivity index (χ0) is 16.7. The zero-order valence-corrected chi connectivity index (χ0v) is 13.6. The van der Waals surface area contributed by atoms with E-state index < -0.39 is 0 Å². The molecule has 0 fully saturated rings. The van der Waals surface area contributed by atoms with Gasteiger partial charge in [-0.2, -0.15) is 0 Å². The number of ether oxygens (including phenoxy) is 1. The van der Waals surface area contributed by atoms with E-state index in [2.05, 4.69) is 4.98 Å². The van der Waals surface area contributed by atoms with E-state index in [9.17, 15) is 14.3 Å². The third kappa shape index (κ3) is 2.59. The van der Waals surface area contributed by atoms with Gasteiger partial charge in [0.25, 0.3) is 5.56 Å². The molecule has 4 rings (SSSR count). The molecule has 2 aromatic heterocycles. The average molecular weight is 346 g/mol. The van der Waals surface area contributed by atoms with Crippen LogP contribution in [0.5, 0.6) is 5.75 Å². The number of rotatable bonds is 4. The summed E-state index contributed by atoms with van der Waals surface area (Å²) in [6, 6.07) is 7.16. The average Bonchev–Trinajstić information content (AvgIpc) is 3.12. The van der Waals surface area contributed by atoms with Crippen molar-refractivity contribution in [2.45, 2.75) is 25.4 Å². The van der Waals surface area contributed by atoms with Crippen LogP contribution < -0.4 is 10.3 Å². The van der Waals surface area contributed by atoms with Crippen molar-refractivity contribution in [1.29, 1.82) is 0 Å². The molecule has 124 valence electrons. The molecule has 0 bridgehead atoms. The van der Waals surface area contributed by atoms with Crippen molar-refractivity contribution in [2.24, 2.45) is 0 Å². The lowest BCUT2D eigenvalue weighted by molar-refractivity contribution is 0.262. The van der Waals surface area contributed by atoms with Crippen molar-refractivity contribution < 1.29 is 14.2 Å². The number of aromatic nitrogens is 2. The zero-order valence-electron chi connectivity index (χ0n) is 12.7. The normalized spacial score (nSPS) is 16.5. The summed E-state index contributed by atoms with van der Waals surface area (Å²) in [6.07, 6.45) is 1.74. The minimum Gasteiger partial charge on any atom is -0.487 e. The van der Waals surface area contributed by atoms with Crippen molar-refractivity contribution in [3.63, 3.8) is 0 Å². The lowest BCUT2D eigenvalue weighted by Crippen LogP contribution is -2.18. The van der Waals surface area contributed by atoms with Gasteiger partial charge in [0.05, 0.1) is 12.3 Å². The van der Waals surface area contributed by atoms with E-state index in [1.54, 1.807) is 4.40 Å². The second kappa shape index (κ2) is 5.99. The summed E-state index contributed by atoms with van der Waals surface area (Å²) in [7, 11) is 0. The van der Waals surface area contributed by atoms with Crippen LogP contribution in [0.2, 0.25) is 0 Å². The molecule has 0 saturated heterocycles. The van der Waals surface area contributed by atoms with Crippen molar-refractivity contribution in [3.05, 3.63) is 62.8 Å². The number of aryl methyl sites for hydroxylation is 1. The molecule has 1 aromatic carbocycles. The summed E-state index contributed by atoms with van der Waals surface area (Å²) in [4.78, 5) is 18.7. The maximum atomic E-state index is 12.9. The minimum atomic E-state index is -0.327. The van der Waals surface area contributed by atoms with Gasteiger partial charge in [0, 0.05) is 22.6 Å². The predicted octanol–water partition coefficient (Wildman–Crippen LogP) is 2.50. The van der Waals surface area contributed by atoms with Crippen molar-refractivity contribution >= 4 is 16.3 Å². The molecular formula is C17H15FN2O3S. The van der Waals surface area contributed by atoms with Crippen molar-refractivity contribution in [1.82, 2.24) is 9.38 Å². The molecule has 0 spiro atoms. The second-order valence-electron chi connectivity index (χ2n) is 5.77. The van der Waals surface area contributed by atoms with E-state index in [1.165, 1.54) is 41.7 Å². The summed E-state index contributed by atoms with van der Waals surface area (Å²) in [5, 5.41) is 9.49. The van der Waals surface area contributed by atoms with Crippen LogP contribution in [-0.2, 0) is 13.0 Å². The third-order valence-corrected chi connectivity index (χ3v) is 5.33. The molecule has 1 N–H and O–H groups in total. The van der Waals surface area contributed by atoms with Gasteiger partial charge in [-0.1, -0.05) is 0 Å². The molecule has 0 saturated carbocycles. The number of benzene rings is 1. The number of aliphatic hydroxyl groups is 1. The number of aliphatic hydroxyl groups excluding tert-OH is 1. The van der Waals surface area contributed by atoms with Crippen LogP contribution >= 0.6 is 11.3 Å². The number of hydrogen-bond donors (Lipinski definition) is 1. The number of nitrogens with zero attached hydrogens (tertiary/aromatic N) is 2. The van der Waals surface area contributed by atoms with Crippen LogP contribution in [0.4, 0.5) is 4.39 Å². The number of thiazole rings is 1. The lowest BCUT2D eigenvalue weighted by Gasteiger charge is -2.08. The van der Waals surface area contributed by atoms with Gasteiger partial charge in [-0.15, -0.1) is 11.3 Å². The maximum Gasteiger partial charge on any atom is 0.259 e. The molecule has 3 aromatic rings. The minimum absolute atomic E-state index is 0.00886. The Bertz CT molecular complexity index is 949. The first-order valence-corrected chi connectivity index (χ1v) is 8.51. The molecular weight excluding hydrogens is 331 g/mol. The van der Waals surface area contributed by atoms with Crippen LogP contribution in [0.3, 0.4) is 0 Å². The molecule has 0 radical (unpaired) electrons. The van der Waals surface area contributed by atoms with Crippen LogP contribution in [0.1, 0.15) is 28.6 Å². The first-order chi connectivity index (χ1) is 11.7. The quantitative estimate of drug-likeness (QED) is 0.788. The Hall–Kier alpha value is -2.25. The van der Waals surface area contributed by atoms with Crippen molar-refractivity contribution in [2.75, 3.05) is 6.61 Å². The Morgan fingerprint density at radius 1 is 1.38 bits per heavy atom. The standard InChI is InChI=1S/C17H15FN2O3S/c18-11-2-4-13(5-3-11)23-9-12-7-15(22)20-16-10(8-21)1-6-14(16)24-17(20)19-12/h2-5,7,10,21H,1,6,8-9H2. The van der Waals surface area contributed by atoms with E-state index in [4.69, 9.17) is 4.74 Å². The fourth-order valence-electron chi connectivity index (χ4n) is 3.06. The summed E-state index contributed by atoms with van der Waals surface area (Å²) in [5.41, 5.74) is 1.28. The smallest absolute Gasteiger partial charge is 0.259 e. The molecule has 0 amide bonds. The maximum absolute atomic E-state index is 12.9. The molecule has 1 unspecified atom stereocenters. The van der Waals surface area contributed by atoms with Gasteiger partial charge in [-0.05, 0) is 37.1 Å². The Morgan fingerprint density at radius 3 is 2.92 bits per heavy atom. The lowest BCUT2D eigenvalue weighted by atomic mass is 10.1. The summed E-state index contributed by atoms with van der Waals surface area (Å²) < 4.78 is 20.1. The second-order valence-corrected chi connectivity index (χ2v) is 6.84. The third-order valence-electron chi connectivity index (χ3n) is 4.21. The SMILES string of the molecule is O=c1cc(COc2ccc(F)cc2)nc2sc3c(n12)C(CO)CC3. The van der Waals surface area contributed by atoms with Gasteiger partial charge in [0.15, 0.2) is 4.96 Å². The molecule has 1 atom stereocenters. The first-order valence-electron chi connectivity index (χ1n) is 7.69. The number of halogens is 1. The van der Waals surface area contributed by atoms with E-state index in [-0.39, 0.29) is 30.5 Å². The monoisotopic (exact) mass is 346 g/mol. The van der Waals surface area contributed by atoms with Gasteiger partial charge in [-0.3, -0.25) is 9.20 Å². The highest BCUT2D eigenvalue weighted by molar-refractivity contribution is 7.17. The fraction of sp³-hybridized carbons (Fsp3) is 0.294. The highest BCUT2D eigenvalue weighted by Crippen LogP contribution is 2.37. The predicted molar refractivity (Wildman–Crippen MR) is 88.2 cm³/mol. The van der Waals surface area contributed by atoms with Gasteiger partial charge in [-0.25, -0.2) is 9.37 Å². The topological polar surface area (TPSA) is 63.8 Å². The molecule has 7 heteroatoms. The van der Waals surface area contributed by atoms with Gasteiger partial charge < -0.3 is 9.84 Å². The number of fused-ring (bicyclic) bond motifs is 3. The van der Waals surface area contributed by atoms with E-state index in [0.29, 0.717) is 16.4 Å². The molecule has 1 aliphatic rings. The van der Waals surface area contributed by atoms with Crippen LogP contribution in [0, 0.1) is 5.82 Å². The molecule has 0 aliphatic heterocycles. The number of hydrogen-bond acceptors (Lipinski definition) is 5. The Kier molecular flexibility index (Phi) is 3.82. The van der Waals surface area contributed by atoms with Crippen molar-refractivity contribution in [3.8, 4) is 5.75 Å². The fourth-order valence-corrected chi connectivity index (χ4v) is 4.30. The van der Waals surface area contributed by atoms with E-state index >= 15 is 0 Å². The van der Waals surface area contributed by atoms with Crippen LogP contribution in [-0.4, -0.2) is 21.1 Å². The largest absolute Gasteiger partial charge is 0.487 e. The molecule has 2 heterocycles. The van der Waals surface area contributed by atoms with E-state index in [0.717, 1.165) is 23.4 Å². The highest BCUT2D eigenvalue weighted by atomic mass is 32.1. The molecule has 5 nitrogen and oxygen atoms in total. The van der Waals surface area contributed by atoms with E-state index in [1.807, 2.05) is 0 Å². The molecule has 1 aliphatic carbocycles. The van der Waals surface area contributed by atoms with Gasteiger partial charge in [0.1, 0.15) is 18.2 Å². The summed E-state index contributed by atoms with van der Waals surface area (Å²) in [5.74, 6) is 0.202. The summed E-state index contributed by atoms with van der Waals surface area (Å²) in [6.45, 7) is 0.185. The Labute approximate surface area is 141 Å². The highest BCUT2D eigenvalue weighted by Gasteiger charge is 2.28. The van der Waals surface area contributed by atoms with Crippen LogP contribution in [0.25, 0.3) is 4.96 Å². The first kappa shape index (κ1) is 15.3. The van der Waals surface area contributed by atoms with Crippen LogP contribution in [0.15, 0.2) is 35.1 Å². The van der Waals surface area contributed by atoms with Gasteiger partial charge >= 0.3 is 0 Å². The Morgan fingerprint density at radius 2 is 2.17 bits per heavy atom. The van der Waals surface area contributed by atoms with Gasteiger partial charge in [0.2, 0.25) is 0 Å². The Balaban J connectivity index is 1.64.